The highest BCUT2D eigenvalue weighted by Gasteiger charge is 2.20. The van der Waals surface area contributed by atoms with Gasteiger partial charge in [0, 0.05) is 6.54 Å². The number of ether oxygens (including phenoxy) is 2. The Morgan fingerprint density at radius 2 is 1.88 bits per heavy atom. The van der Waals surface area contributed by atoms with Gasteiger partial charge in [0.2, 0.25) is 5.91 Å². The second-order valence-corrected chi connectivity index (χ2v) is 7.86. The first-order chi connectivity index (χ1) is 15.9. The molecule has 0 aliphatic rings. The van der Waals surface area contributed by atoms with E-state index >= 15 is 0 Å². The van der Waals surface area contributed by atoms with E-state index in [4.69, 9.17) is 15.2 Å². The van der Waals surface area contributed by atoms with Gasteiger partial charge in [-0.3, -0.25) is 14.2 Å². The molecule has 1 heterocycles. The van der Waals surface area contributed by atoms with Gasteiger partial charge >= 0.3 is 0 Å². The number of anilines is 1. The van der Waals surface area contributed by atoms with Gasteiger partial charge in [-0.2, -0.15) is 0 Å². The van der Waals surface area contributed by atoms with Crippen LogP contribution in [-0.4, -0.2) is 39.4 Å². The van der Waals surface area contributed by atoms with E-state index in [-0.39, 0.29) is 17.2 Å². The summed E-state index contributed by atoms with van der Waals surface area (Å²) in [4.78, 5) is 24.0. The minimum atomic E-state index is -0.611. The topological polar surface area (TPSA) is 121 Å². The summed E-state index contributed by atoms with van der Waals surface area (Å²) in [6.07, 6.45) is 1.33. The number of amides is 2. The number of nitrogens with two attached hydrogens (primary N) is 1. The number of nitrogens with zero attached hydrogens (tertiary/aromatic N) is 3. The zero-order valence-electron chi connectivity index (χ0n) is 18.4. The van der Waals surface area contributed by atoms with Crippen molar-refractivity contribution in [1.82, 2.24) is 14.8 Å². The summed E-state index contributed by atoms with van der Waals surface area (Å²) in [7, 11) is 1.60. The molecule has 3 N–H and O–H groups in total. The van der Waals surface area contributed by atoms with Crippen molar-refractivity contribution in [3.05, 3.63) is 72.6 Å². The summed E-state index contributed by atoms with van der Waals surface area (Å²) < 4.78 is 13.0. The van der Waals surface area contributed by atoms with Crippen molar-refractivity contribution in [2.24, 2.45) is 5.73 Å². The predicted octanol–water partition coefficient (Wildman–Crippen LogP) is 3.44. The summed E-state index contributed by atoms with van der Waals surface area (Å²) in [5, 5.41) is 11.8. The third kappa shape index (κ3) is 6.13. The normalized spacial score (nSPS) is 11.5. The Hall–Kier alpha value is -3.79. The van der Waals surface area contributed by atoms with E-state index in [1.54, 1.807) is 37.5 Å². The first kappa shape index (κ1) is 23.9. The van der Waals surface area contributed by atoms with Crippen molar-refractivity contribution in [3.8, 4) is 11.5 Å². The van der Waals surface area contributed by atoms with E-state index in [9.17, 15) is 9.59 Å². The highest BCUT2D eigenvalue weighted by Crippen LogP contribution is 2.26. The van der Waals surface area contributed by atoms with Crippen molar-refractivity contribution in [2.75, 3.05) is 18.2 Å². The van der Waals surface area contributed by atoms with Gasteiger partial charge in [0.25, 0.3) is 5.91 Å². The third-order valence-electron chi connectivity index (χ3n) is 4.59. The number of para-hydroxylation sites is 1. The van der Waals surface area contributed by atoms with Crippen LogP contribution in [0.3, 0.4) is 0 Å². The van der Waals surface area contributed by atoms with Gasteiger partial charge in [0.15, 0.2) is 17.1 Å². The molecule has 0 fully saturated rings. The minimum absolute atomic E-state index is 0.0656. The molecule has 33 heavy (non-hydrogen) atoms. The monoisotopic (exact) mass is 467 g/mol. The van der Waals surface area contributed by atoms with Crippen LogP contribution in [0.2, 0.25) is 0 Å². The lowest BCUT2D eigenvalue weighted by atomic mass is 10.1. The Labute approximate surface area is 196 Å². The molecule has 0 radical (unpaired) electrons. The summed E-state index contributed by atoms with van der Waals surface area (Å²) in [6.45, 7) is 6.12. The smallest absolute Gasteiger partial charge is 0.250 e. The maximum Gasteiger partial charge on any atom is 0.250 e. The Balaban J connectivity index is 1.68. The maximum atomic E-state index is 12.5. The summed E-state index contributed by atoms with van der Waals surface area (Å²) in [6, 6.07) is 13.8. The molecule has 9 nitrogen and oxygen atoms in total. The van der Waals surface area contributed by atoms with Gasteiger partial charge in [-0.05, 0) is 43.3 Å². The molecule has 0 aliphatic carbocycles. The maximum absolute atomic E-state index is 12.5. The number of nitrogens with one attached hydrogen (secondary N) is 1. The van der Waals surface area contributed by atoms with Crippen LogP contribution in [0.5, 0.6) is 11.5 Å². The molecule has 1 unspecified atom stereocenters. The number of allylic oxidation sites excluding steroid dienone is 1. The highest BCUT2D eigenvalue weighted by molar-refractivity contribution is 7.99. The molecule has 0 bridgehead atoms. The molecule has 3 rings (SSSR count). The Morgan fingerprint density at radius 3 is 2.55 bits per heavy atom. The van der Waals surface area contributed by atoms with Crippen LogP contribution in [0.15, 0.2) is 66.3 Å². The molecule has 1 atom stereocenters. The minimum Gasteiger partial charge on any atom is -0.497 e. The third-order valence-corrected chi connectivity index (χ3v) is 5.56. The molecule has 2 aromatic carbocycles. The molecule has 172 valence electrons. The number of primary amides is 1. The van der Waals surface area contributed by atoms with Crippen LogP contribution in [0.1, 0.15) is 29.2 Å². The lowest BCUT2D eigenvalue weighted by Crippen LogP contribution is -2.19. The molecule has 2 amide bonds. The van der Waals surface area contributed by atoms with E-state index in [1.807, 2.05) is 35.8 Å². The van der Waals surface area contributed by atoms with Gasteiger partial charge in [-0.1, -0.05) is 30.0 Å². The predicted molar refractivity (Wildman–Crippen MR) is 127 cm³/mol. The quantitative estimate of drug-likeness (QED) is 0.327. The van der Waals surface area contributed by atoms with Crippen molar-refractivity contribution >= 4 is 29.3 Å². The van der Waals surface area contributed by atoms with Crippen LogP contribution in [-0.2, 0) is 11.3 Å². The summed E-state index contributed by atoms with van der Waals surface area (Å²) in [5.74, 6) is 1.16. The Kier molecular flexibility index (Phi) is 8.09. The molecular weight excluding hydrogens is 442 g/mol. The second-order valence-electron chi connectivity index (χ2n) is 6.92. The molecule has 0 spiro atoms. The SMILES string of the molecule is C=CCn1c(SCC(=O)Nc2ccccc2C(N)=O)nnc1C(C)Oc1ccc(OC)cc1. The van der Waals surface area contributed by atoms with E-state index in [1.165, 1.54) is 11.8 Å². The standard InChI is InChI=1S/C23H25N5O4S/c1-4-13-28-22(15(2)32-17-11-9-16(31-3)10-12-17)26-27-23(28)33-14-20(29)25-19-8-6-5-7-18(19)21(24)30/h4-12,15H,1,13-14H2,2-3H3,(H2,24,30)(H,25,29). The first-order valence-corrected chi connectivity index (χ1v) is 11.1. The molecule has 0 saturated carbocycles. The molecular formula is C23H25N5O4S. The van der Waals surface area contributed by atoms with Crippen LogP contribution >= 0.6 is 11.8 Å². The van der Waals surface area contributed by atoms with Crippen molar-refractivity contribution in [2.45, 2.75) is 24.7 Å². The lowest BCUT2D eigenvalue weighted by Gasteiger charge is -2.16. The molecule has 3 aromatic rings. The number of carbonyl (C=O) groups excluding carboxylic acids is 2. The lowest BCUT2D eigenvalue weighted by molar-refractivity contribution is -0.113. The molecule has 1 aromatic heterocycles. The number of benzene rings is 2. The zero-order chi connectivity index (χ0) is 23.8. The van der Waals surface area contributed by atoms with E-state index in [0.29, 0.717) is 29.0 Å². The fourth-order valence-electron chi connectivity index (χ4n) is 3.04. The zero-order valence-corrected chi connectivity index (χ0v) is 19.2. The average Bonchev–Trinajstić information content (AvgIpc) is 3.21. The van der Waals surface area contributed by atoms with Gasteiger partial charge in [-0.15, -0.1) is 16.8 Å². The van der Waals surface area contributed by atoms with Crippen molar-refractivity contribution in [3.63, 3.8) is 0 Å². The Morgan fingerprint density at radius 1 is 1.18 bits per heavy atom. The molecule has 0 saturated heterocycles. The van der Waals surface area contributed by atoms with Crippen molar-refractivity contribution in [1.29, 1.82) is 0 Å². The number of aromatic nitrogens is 3. The van der Waals surface area contributed by atoms with Gasteiger partial charge in [0.05, 0.1) is 24.1 Å². The average molecular weight is 468 g/mol. The van der Waals surface area contributed by atoms with Crippen LogP contribution in [0.25, 0.3) is 0 Å². The Bertz CT molecular complexity index is 1130. The van der Waals surface area contributed by atoms with Crippen LogP contribution in [0.4, 0.5) is 5.69 Å². The number of thioether (sulfide) groups is 1. The van der Waals surface area contributed by atoms with Crippen molar-refractivity contribution < 1.29 is 19.1 Å². The second kappa shape index (κ2) is 11.2. The molecule has 0 aliphatic heterocycles. The number of methoxy groups -OCH3 is 1. The number of carbonyl (C=O) groups is 2. The number of hydrogen-bond acceptors (Lipinski definition) is 7. The fraction of sp³-hybridized carbons (Fsp3) is 0.217. The van der Waals surface area contributed by atoms with Crippen LogP contribution in [0, 0.1) is 0 Å². The summed E-state index contributed by atoms with van der Waals surface area (Å²) in [5.41, 5.74) is 5.98. The number of hydrogen-bond donors (Lipinski definition) is 2. The van der Waals surface area contributed by atoms with E-state index in [2.05, 4.69) is 22.1 Å². The summed E-state index contributed by atoms with van der Waals surface area (Å²) >= 11 is 1.22. The highest BCUT2D eigenvalue weighted by atomic mass is 32.2. The van der Waals surface area contributed by atoms with Gasteiger partial charge in [-0.25, -0.2) is 0 Å². The number of rotatable bonds is 11. The van der Waals surface area contributed by atoms with Gasteiger partial charge in [0.1, 0.15) is 11.5 Å². The van der Waals surface area contributed by atoms with E-state index < -0.39 is 12.0 Å². The molecule has 10 heteroatoms. The van der Waals surface area contributed by atoms with E-state index in [0.717, 1.165) is 5.75 Å². The first-order valence-electron chi connectivity index (χ1n) is 10.1. The largest absolute Gasteiger partial charge is 0.497 e. The van der Waals surface area contributed by atoms with Gasteiger partial charge < -0.3 is 20.5 Å². The van der Waals surface area contributed by atoms with Crippen LogP contribution < -0.4 is 20.5 Å². The fourth-order valence-corrected chi connectivity index (χ4v) is 3.80.